The molecule has 1 aromatic carbocycles. The first-order valence-electron chi connectivity index (χ1n) is 5.59. The average molecular weight is 343 g/mol. The number of aryl methyl sites for hydroxylation is 1. The lowest BCUT2D eigenvalue weighted by atomic mass is 10.2. The SMILES string of the molecule is Cc1ccc(SCC(NN)c2sccc2Br)cc1. The van der Waals surface area contributed by atoms with Gasteiger partial charge < -0.3 is 0 Å². The minimum absolute atomic E-state index is 0.172. The van der Waals surface area contributed by atoms with E-state index in [-0.39, 0.29) is 6.04 Å². The van der Waals surface area contributed by atoms with Gasteiger partial charge in [-0.3, -0.25) is 11.3 Å². The number of benzene rings is 1. The van der Waals surface area contributed by atoms with Crippen molar-refractivity contribution in [3.05, 3.63) is 50.6 Å². The van der Waals surface area contributed by atoms with Crippen molar-refractivity contribution in [2.45, 2.75) is 17.9 Å². The van der Waals surface area contributed by atoms with E-state index in [9.17, 15) is 0 Å². The van der Waals surface area contributed by atoms with Crippen molar-refractivity contribution in [3.63, 3.8) is 0 Å². The fourth-order valence-corrected chi connectivity index (χ4v) is 4.33. The van der Waals surface area contributed by atoms with E-state index in [1.54, 1.807) is 11.3 Å². The van der Waals surface area contributed by atoms with Gasteiger partial charge in [-0.2, -0.15) is 0 Å². The predicted molar refractivity (Wildman–Crippen MR) is 84.0 cm³/mol. The summed E-state index contributed by atoms with van der Waals surface area (Å²) in [6.07, 6.45) is 0. The number of halogens is 1. The highest BCUT2D eigenvalue weighted by Gasteiger charge is 2.14. The number of nitrogens with two attached hydrogens (primary N) is 1. The van der Waals surface area contributed by atoms with E-state index in [2.05, 4.69) is 64.0 Å². The highest BCUT2D eigenvalue weighted by atomic mass is 79.9. The van der Waals surface area contributed by atoms with E-state index in [0.29, 0.717) is 0 Å². The average Bonchev–Trinajstić information content (AvgIpc) is 2.79. The normalized spacial score (nSPS) is 12.6. The maximum atomic E-state index is 5.64. The molecule has 1 unspecified atom stereocenters. The summed E-state index contributed by atoms with van der Waals surface area (Å²) in [5.74, 6) is 6.56. The number of rotatable bonds is 5. The Morgan fingerprint density at radius 2 is 2.06 bits per heavy atom. The molecule has 96 valence electrons. The summed E-state index contributed by atoms with van der Waals surface area (Å²) in [5.41, 5.74) is 4.17. The number of hydrazine groups is 1. The van der Waals surface area contributed by atoms with Crippen molar-refractivity contribution >= 4 is 39.0 Å². The third-order valence-corrected chi connectivity index (χ3v) is 5.69. The summed E-state index contributed by atoms with van der Waals surface area (Å²) in [5, 5.41) is 2.07. The lowest BCUT2D eigenvalue weighted by Crippen LogP contribution is -2.29. The Hall–Kier alpha value is -0.330. The van der Waals surface area contributed by atoms with Gasteiger partial charge in [-0.25, -0.2) is 0 Å². The van der Waals surface area contributed by atoms with E-state index in [1.165, 1.54) is 15.3 Å². The second-order valence-electron chi connectivity index (χ2n) is 3.98. The van der Waals surface area contributed by atoms with Crippen LogP contribution in [-0.2, 0) is 0 Å². The van der Waals surface area contributed by atoms with Crippen LogP contribution in [0.25, 0.3) is 0 Å². The lowest BCUT2D eigenvalue weighted by Gasteiger charge is -2.14. The molecule has 18 heavy (non-hydrogen) atoms. The van der Waals surface area contributed by atoms with Crippen LogP contribution in [0.5, 0.6) is 0 Å². The van der Waals surface area contributed by atoms with Gasteiger partial charge in [0, 0.05) is 20.0 Å². The Labute approximate surface area is 124 Å². The van der Waals surface area contributed by atoms with E-state index in [4.69, 9.17) is 5.84 Å². The van der Waals surface area contributed by atoms with Crippen LogP contribution in [0, 0.1) is 6.92 Å². The molecular formula is C13H15BrN2S2. The second kappa shape index (κ2) is 6.73. The molecular weight excluding hydrogens is 328 g/mol. The Balaban J connectivity index is 2.00. The maximum absolute atomic E-state index is 5.64. The summed E-state index contributed by atoms with van der Waals surface area (Å²) in [4.78, 5) is 2.52. The van der Waals surface area contributed by atoms with Crippen molar-refractivity contribution in [2.75, 3.05) is 5.75 Å². The summed E-state index contributed by atoms with van der Waals surface area (Å²) >= 11 is 7.08. The van der Waals surface area contributed by atoms with E-state index in [1.807, 2.05) is 11.8 Å². The highest BCUT2D eigenvalue weighted by Crippen LogP contribution is 2.32. The molecule has 0 saturated carbocycles. The van der Waals surface area contributed by atoms with Gasteiger partial charge in [0.15, 0.2) is 0 Å². The highest BCUT2D eigenvalue weighted by molar-refractivity contribution is 9.10. The largest absolute Gasteiger partial charge is 0.271 e. The van der Waals surface area contributed by atoms with Gasteiger partial charge in [0.25, 0.3) is 0 Å². The van der Waals surface area contributed by atoms with Crippen LogP contribution in [0.1, 0.15) is 16.5 Å². The Bertz CT molecular complexity index is 496. The molecule has 0 radical (unpaired) electrons. The number of hydrogen-bond donors (Lipinski definition) is 2. The summed E-state index contributed by atoms with van der Waals surface area (Å²) in [6.45, 7) is 2.10. The van der Waals surface area contributed by atoms with Gasteiger partial charge in [-0.15, -0.1) is 23.1 Å². The predicted octanol–water partition coefficient (Wildman–Crippen LogP) is 4.12. The van der Waals surface area contributed by atoms with E-state index in [0.717, 1.165) is 10.2 Å². The molecule has 0 aliphatic carbocycles. The molecule has 0 spiro atoms. The summed E-state index contributed by atoms with van der Waals surface area (Å²) < 4.78 is 1.12. The van der Waals surface area contributed by atoms with Crippen LogP contribution in [0.15, 0.2) is 45.1 Å². The molecule has 0 bridgehead atoms. The molecule has 0 saturated heterocycles. The number of hydrogen-bond acceptors (Lipinski definition) is 4. The van der Waals surface area contributed by atoms with Crippen LogP contribution >= 0.6 is 39.0 Å². The van der Waals surface area contributed by atoms with Crippen molar-refractivity contribution in [3.8, 4) is 0 Å². The Morgan fingerprint density at radius 3 is 2.61 bits per heavy atom. The number of thioether (sulfide) groups is 1. The van der Waals surface area contributed by atoms with Crippen LogP contribution in [0.3, 0.4) is 0 Å². The Kier molecular flexibility index (Phi) is 5.26. The monoisotopic (exact) mass is 342 g/mol. The molecule has 0 fully saturated rings. The van der Waals surface area contributed by atoms with Crippen LogP contribution in [0.4, 0.5) is 0 Å². The quantitative estimate of drug-likeness (QED) is 0.487. The molecule has 3 N–H and O–H groups in total. The molecule has 2 nitrogen and oxygen atoms in total. The van der Waals surface area contributed by atoms with Gasteiger partial charge in [0.05, 0.1) is 6.04 Å². The summed E-state index contributed by atoms with van der Waals surface area (Å²) in [7, 11) is 0. The minimum atomic E-state index is 0.172. The molecule has 2 aromatic rings. The number of thiophene rings is 1. The minimum Gasteiger partial charge on any atom is -0.271 e. The van der Waals surface area contributed by atoms with Crippen molar-refractivity contribution in [2.24, 2.45) is 5.84 Å². The zero-order valence-corrected chi connectivity index (χ0v) is 13.2. The fraction of sp³-hybridized carbons (Fsp3) is 0.231. The second-order valence-corrected chi connectivity index (χ2v) is 6.87. The molecule has 0 aliphatic rings. The first kappa shape index (κ1) is 14.1. The van der Waals surface area contributed by atoms with Crippen LogP contribution in [-0.4, -0.2) is 5.75 Å². The molecule has 5 heteroatoms. The van der Waals surface area contributed by atoms with Crippen molar-refractivity contribution in [1.29, 1.82) is 0 Å². The third kappa shape index (κ3) is 3.59. The standard InChI is InChI=1S/C13H15BrN2S2/c1-9-2-4-10(5-3-9)18-8-12(16-15)13-11(14)6-7-17-13/h2-7,12,16H,8,15H2,1H3. The molecule has 0 aliphatic heterocycles. The summed E-state index contributed by atoms with van der Waals surface area (Å²) in [6, 6.07) is 10.8. The first-order chi connectivity index (χ1) is 8.70. The fourth-order valence-electron chi connectivity index (χ4n) is 1.57. The van der Waals surface area contributed by atoms with Crippen LogP contribution in [0.2, 0.25) is 0 Å². The molecule has 1 heterocycles. The zero-order chi connectivity index (χ0) is 13.0. The smallest absolute Gasteiger partial charge is 0.0658 e. The molecule has 1 aromatic heterocycles. The Morgan fingerprint density at radius 1 is 1.33 bits per heavy atom. The van der Waals surface area contributed by atoms with Gasteiger partial charge in [-0.05, 0) is 46.4 Å². The van der Waals surface area contributed by atoms with E-state index < -0.39 is 0 Å². The van der Waals surface area contributed by atoms with Crippen LogP contribution < -0.4 is 11.3 Å². The molecule has 0 amide bonds. The molecule has 2 rings (SSSR count). The van der Waals surface area contributed by atoms with Gasteiger partial charge >= 0.3 is 0 Å². The van der Waals surface area contributed by atoms with E-state index >= 15 is 0 Å². The topological polar surface area (TPSA) is 38.0 Å². The molecule has 1 atom stereocenters. The van der Waals surface area contributed by atoms with Crippen molar-refractivity contribution < 1.29 is 0 Å². The third-order valence-electron chi connectivity index (χ3n) is 2.60. The maximum Gasteiger partial charge on any atom is 0.0658 e. The number of nitrogens with one attached hydrogen (secondary N) is 1. The lowest BCUT2D eigenvalue weighted by molar-refractivity contribution is 0.618. The zero-order valence-electron chi connectivity index (χ0n) is 10.0. The van der Waals surface area contributed by atoms with Crippen molar-refractivity contribution in [1.82, 2.24) is 5.43 Å². The van der Waals surface area contributed by atoms with Gasteiger partial charge in [0.1, 0.15) is 0 Å². The van der Waals surface area contributed by atoms with Gasteiger partial charge in [-0.1, -0.05) is 17.7 Å². The van der Waals surface area contributed by atoms with Gasteiger partial charge in [0.2, 0.25) is 0 Å². The first-order valence-corrected chi connectivity index (χ1v) is 8.25.